The molecule has 1 aromatic heterocycles. The van der Waals surface area contributed by atoms with Crippen LogP contribution in [0.3, 0.4) is 0 Å². The molecule has 0 amide bonds. The van der Waals surface area contributed by atoms with Crippen molar-refractivity contribution in [2.75, 3.05) is 0 Å². The van der Waals surface area contributed by atoms with Crippen LogP contribution in [0.5, 0.6) is 0 Å². The molecule has 3 heteroatoms. The largest absolute Gasteiger partial charge is 0.306 e. The summed E-state index contributed by atoms with van der Waals surface area (Å²) in [5.41, 5.74) is 2.66. The molecule has 0 spiro atoms. The first-order valence-corrected chi connectivity index (χ1v) is 6.94. The average Bonchev–Trinajstić information content (AvgIpc) is 2.73. The van der Waals surface area contributed by atoms with E-state index in [4.69, 9.17) is 0 Å². The minimum atomic E-state index is 0.389. The lowest BCUT2D eigenvalue weighted by molar-refractivity contribution is 0.575. The van der Waals surface area contributed by atoms with Gasteiger partial charge in [-0.15, -0.1) is 11.3 Å². The highest BCUT2D eigenvalue weighted by Gasteiger charge is 2.04. The zero-order valence-corrected chi connectivity index (χ0v) is 11.5. The Morgan fingerprint density at radius 3 is 2.69 bits per heavy atom. The number of halogens is 1. The molecule has 16 heavy (non-hydrogen) atoms. The molecule has 0 radical (unpaired) electrons. The Morgan fingerprint density at radius 1 is 1.31 bits per heavy atom. The number of rotatable bonds is 4. The third-order valence-electron chi connectivity index (χ3n) is 2.53. The molecule has 0 fully saturated rings. The Kier molecular flexibility index (Phi) is 4.16. The Morgan fingerprint density at radius 2 is 2.06 bits per heavy atom. The summed E-state index contributed by atoms with van der Waals surface area (Å²) in [7, 11) is 0. The van der Waals surface area contributed by atoms with E-state index in [0.29, 0.717) is 6.04 Å². The molecule has 1 atom stereocenters. The molecule has 2 aromatic rings. The molecule has 1 aromatic carbocycles. The van der Waals surface area contributed by atoms with Crippen molar-refractivity contribution in [3.05, 3.63) is 56.7 Å². The van der Waals surface area contributed by atoms with Crippen molar-refractivity contribution in [2.45, 2.75) is 19.5 Å². The predicted molar refractivity (Wildman–Crippen MR) is 73.7 cm³/mol. The summed E-state index contributed by atoms with van der Waals surface area (Å²) in [5, 5.41) is 5.69. The lowest BCUT2D eigenvalue weighted by atomic mass is 10.1. The lowest BCUT2D eigenvalue weighted by Crippen LogP contribution is -2.17. The van der Waals surface area contributed by atoms with Gasteiger partial charge in [-0.2, -0.15) is 0 Å². The summed E-state index contributed by atoms with van der Waals surface area (Å²) in [6.45, 7) is 3.11. The van der Waals surface area contributed by atoms with Gasteiger partial charge in [-0.25, -0.2) is 0 Å². The molecular weight excluding hydrogens is 282 g/mol. The van der Waals surface area contributed by atoms with E-state index >= 15 is 0 Å². The lowest BCUT2D eigenvalue weighted by Gasteiger charge is -2.13. The van der Waals surface area contributed by atoms with Gasteiger partial charge in [-0.3, -0.25) is 0 Å². The van der Waals surface area contributed by atoms with Gasteiger partial charge in [0.25, 0.3) is 0 Å². The van der Waals surface area contributed by atoms with Gasteiger partial charge in [0.15, 0.2) is 0 Å². The maximum atomic E-state index is 3.51. The molecule has 0 saturated carbocycles. The van der Waals surface area contributed by atoms with E-state index in [1.54, 1.807) is 11.3 Å². The fraction of sp³-hybridized carbons (Fsp3) is 0.231. The second kappa shape index (κ2) is 5.62. The van der Waals surface area contributed by atoms with E-state index in [9.17, 15) is 0 Å². The van der Waals surface area contributed by atoms with Crippen molar-refractivity contribution in [1.82, 2.24) is 5.32 Å². The second-order valence-corrected chi connectivity index (χ2v) is 6.06. The first kappa shape index (κ1) is 11.8. The highest BCUT2D eigenvalue weighted by atomic mass is 79.9. The Balaban J connectivity index is 1.91. The van der Waals surface area contributed by atoms with Gasteiger partial charge in [0.1, 0.15) is 0 Å². The predicted octanol–water partition coefficient (Wildman–Crippen LogP) is 4.36. The fourth-order valence-electron chi connectivity index (χ4n) is 1.57. The summed E-state index contributed by atoms with van der Waals surface area (Å²) in [6.07, 6.45) is 0. The van der Waals surface area contributed by atoms with Crippen LogP contribution >= 0.6 is 27.3 Å². The Labute approximate surface area is 109 Å². The monoisotopic (exact) mass is 295 g/mol. The number of hydrogen-bond acceptors (Lipinski definition) is 2. The third kappa shape index (κ3) is 3.17. The summed E-state index contributed by atoms with van der Waals surface area (Å²) in [5.74, 6) is 0. The zero-order chi connectivity index (χ0) is 11.4. The van der Waals surface area contributed by atoms with E-state index in [0.717, 1.165) is 6.54 Å². The average molecular weight is 296 g/mol. The molecule has 1 heterocycles. The van der Waals surface area contributed by atoms with Gasteiger partial charge in [0.2, 0.25) is 0 Å². The topological polar surface area (TPSA) is 12.0 Å². The van der Waals surface area contributed by atoms with Crippen molar-refractivity contribution >= 4 is 27.3 Å². The highest BCUT2D eigenvalue weighted by Crippen LogP contribution is 2.21. The van der Waals surface area contributed by atoms with E-state index in [1.807, 2.05) is 6.07 Å². The summed E-state index contributed by atoms with van der Waals surface area (Å²) >= 11 is 5.20. The second-order valence-electron chi connectivity index (χ2n) is 3.77. The van der Waals surface area contributed by atoms with E-state index in [-0.39, 0.29) is 0 Å². The van der Waals surface area contributed by atoms with Crippen LogP contribution in [0.2, 0.25) is 0 Å². The van der Waals surface area contributed by atoms with Crippen molar-refractivity contribution < 1.29 is 0 Å². The summed E-state index contributed by atoms with van der Waals surface area (Å²) in [4.78, 5) is 0. The Hall–Kier alpha value is -0.640. The van der Waals surface area contributed by atoms with Crippen LogP contribution in [-0.2, 0) is 6.54 Å². The minimum absolute atomic E-state index is 0.389. The van der Waals surface area contributed by atoms with Gasteiger partial charge in [-0.1, -0.05) is 30.3 Å². The van der Waals surface area contributed by atoms with E-state index in [1.165, 1.54) is 14.9 Å². The molecular formula is C13H14BrNS. The summed E-state index contributed by atoms with van der Waals surface area (Å²) < 4.78 is 1.19. The normalized spacial score (nSPS) is 12.6. The molecule has 84 valence electrons. The van der Waals surface area contributed by atoms with Crippen LogP contribution < -0.4 is 5.32 Å². The molecule has 0 aliphatic rings. The maximum absolute atomic E-state index is 3.51. The summed E-state index contributed by atoms with van der Waals surface area (Å²) in [6, 6.07) is 13.1. The van der Waals surface area contributed by atoms with Gasteiger partial charge in [-0.05, 0) is 45.4 Å². The molecule has 0 bridgehead atoms. The van der Waals surface area contributed by atoms with E-state index in [2.05, 4.69) is 63.9 Å². The molecule has 0 aliphatic carbocycles. The molecule has 2 rings (SSSR count). The molecule has 0 saturated heterocycles. The van der Waals surface area contributed by atoms with Crippen molar-refractivity contribution in [3.63, 3.8) is 0 Å². The molecule has 1 N–H and O–H groups in total. The van der Waals surface area contributed by atoms with Crippen molar-refractivity contribution in [1.29, 1.82) is 0 Å². The first-order valence-electron chi connectivity index (χ1n) is 5.27. The van der Waals surface area contributed by atoms with Crippen molar-refractivity contribution in [2.24, 2.45) is 0 Å². The molecule has 1 nitrogen and oxygen atoms in total. The number of benzene rings is 1. The van der Waals surface area contributed by atoms with Crippen LogP contribution in [-0.4, -0.2) is 0 Å². The molecule has 0 aliphatic heterocycles. The molecule has 0 unspecified atom stereocenters. The quantitative estimate of drug-likeness (QED) is 0.884. The van der Waals surface area contributed by atoms with Crippen molar-refractivity contribution in [3.8, 4) is 0 Å². The number of hydrogen-bond donors (Lipinski definition) is 1. The Bertz CT molecular complexity index is 438. The standard InChI is InChI=1S/C13H14BrNS/c1-10(12-5-3-2-4-6-12)15-8-11-7-13(14)16-9-11/h2-7,9-10,15H,8H2,1H3/t10-/m0/s1. The van der Waals surface area contributed by atoms with Gasteiger partial charge >= 0.3 is 0 Å². The van der Waals surface area contributed by atoms with Gasteiger partial charge in [0.05, 0.1) is 3.79 Å². The third-order valence-corrected chi connectivity index (χ3v) is 4.09. The minimum Gasteiger partial charge on any atom is -0.306 e. The smallest absolute Gasteiger partial charge is 0.0701 e. The number of nitrogens with one attached hydrogen (secondary N) is 1. The fourth-order valence-corrected chi connectivity index (χ4v) is 2.78. The SMILES string of the molecule is C[C@H](NCc1csc(Br)c1)c1ccccc1. The zero-order valence-electron chi connectivity index (χ0n) is 9.11. The maximum Gasteiger partial charge on any atom is 0.0701 e. The first-order chi connectivity index (χ1) is 7.75. The van der Waals surface area contributed by atoms with Gasteiger partial charge in [0, 0.05) is 12.6 Å². The van der Waals surface area contributed by atoms with Gasteiger partial charge < -0.3 is 5.32 Å². The van der Waals surface area contributed by atoms with E-state index < -0.39 is 0 Å². The van der Waals surface area contributed by atoms with Crippen LogP contribution in [0.25, 0.3) is 0 Å². The van der Waals surface area contributed by atoms with Crippen LogP contribution in [0, 0.1) is 0 Å². The van der Waals surface area contributed by atoms with Crippen LogP contribution in [0.15, 0.2) is 45.6 Å². The van der Waals surface area contributed by atoms with Crippen LogP contribution in [0.4, 0.5) is 0 Å². The highest BCUT2D eigenvalue weighted by molar-refractivity contribution is 9.11. The van der Waals surface area contributed by atoms with Crippen LogP contribution in [0.1, 0.15) is 24.1 Å². The number of thiophene rings is 1.